The highest BCUT2D eigenvalue weighted by Gasteiger charge is 2.50. The zero-order valence-electron chi connectivity index (χ0n) is 13.9. The van der Waals surface area contributed by atoms with Crippen molar-refractivity contribution in [1.29, 1.82) is 0 Å². The van der Waals surface area contributed by atoms with Gasteiger partial charge in [0.1, 0.15) is 0 Å². The van der Waals surface area contributed by atoms with E-state index in [0.29, 0.717) is 5.56 Å². The molecule has 0 aromatic heterocycles. The van der Waals surface area contributed by atoms with Crippen LogP contribution in [-0.2, 0) is 14.3 Å². The molecule has 0 spiro atoms. The van der Waals surface area contributed by atoms with Gasteiger partial charge < -0.3 is 35.0 Å². The van der Waals surface area contributed by atoms with Gasteiger partial charge in [0.15, 0.2) is 23.2 Å². The van der Waals surface area contributed by atoms with Crippen molar-refractivity contribution in [2.45, 2.75) is 36.8 Å². The first-order valence-corrected chi connectivity index (χ1v) is 7.74. The molecule has 4 atom stereocenters. The zero-order valence-corrected chi connectivity index (χ0v) is 13.9. The van der Waals surface area contributed by atoms with Crippen LogP contribution in [0.25, 0.3) is 6.08 Å². The number of esters is 1. The summed E-state index contributed by atoms with van der Waals surface area (Å²) in [6.07, 6.45) is -3.16. The van der Waals surface area contributed by atoms with Crippen LogP contribution in [0.1, 0.15) is 18.4 Å². The number of ether oxygens (including phenoxy) is 2. The van der Waals surface area contributed by atoms with Crippen molar-refractivity contribution in [1.82, 2.24) is 0 Å². The molecule has 1 aromatic rings. The molecule has 0 saturated heterocycles. The summed E-state index contributed by atoms with van der Waals surface area (Å²) < 4.78 is 9.92. The number of aliphatic hydroxyl groups excluding tert-OH is 2. The average Bonchev–Trinajstić information content (AvgIpc) is 2.57. The van der Waals surface area contributed by atoms with Gasteiger partial charge in [0, 0.05) is 18.9 Å². The Morgan fingerprint density at radius 1 is 1.23 bits per heavy atom. The summed E-state index contributed by atoms with van der Waals surface area (Å²) in [7, 11) is 1.38. The summed E-state index contributed by atoms with van der Waals surface area (Å²) in [5.41, 5.74) is -1.75. The number of carboxylic acids is 1. The van der Waals surface area contributed by atoms with E-state index in [2.05, 4.69) is 0 Å². The maximum absolute atomic E-state index is 11.9. The second-order valence-corrected chi connectivity index (χ2v) is 6.05. The van der Waals surface area contributed by atoms with Gasteiger partial charge in [-0.15, -0.1) is 0 Å². The summed E-state index contributed by atoms with van der Waals surface area (Å²) in [5, 5.41) is 48.2. The van der Waals surface area contributed by atoms with Crippen molar-refractivity contribution in [2.75, 3.05) is 7.11 Å². The van der Waals surface area contributed by atoms with Crippen LogP contribution < -0.4 is 4.74 Å². The lowest BCUT2D eigenvalue weighted by Crippen LogP contribution is -2.57. The van der Waals surface area contributed by atoms with E-state index in [1.807, 2.05) is 0 Å². The van der Waals surface area contributed by atoms with Gasteiger partial charge in [0.25, 0.3) is 0 Å². The third-order valence-corrected chi connectivity index (χ3v) is 4.12. The van der Waals surface area contributed by atoms with E-state index in [-0.39, 0.29) is 11.5 Å². The minimum Gasteiger partial charge on any atom is -0.504 e. The van der Waals surface area contributed by atoms with Gasteiger partial charge in [-0.3, -0.25) is 0 Å². The minimum atomic E-state index is -2.28. The number of benzene rings is 1. The highest BCUT2D eigenvalue weighted by Crippen LogP contribution is 2.31. The molecule has 0 heterocycles. The molecule has 3 unspecified atom stereocenters. The Kier molecular flexibility index (Phi) is 5.86. The van der Waals surface area contributed by atoms with Crippen LogP contribution in [0.5, 0.6) is 11.5 Å². The number of methoxy groups -OCH3 is 1. The van der Waals surface area contributed by atoms with Crippen molar-refractivity contribution in [3.8, 4) is 11.5 Å². The molecular formula is C17H20O9. The van der Waals surface area contributed by atoms with E-state index in [0.717, 1.165) is 6.08 Å². The van der Waals surface area contributed by atoms with Crippen LogP contribution in [-0.4, -0.2) is 68.5 Å². The maximum Gasteiger partial charge on any atom is 0.335 e. The number of rotatable bonds is 5. The molecule has 142 valence electrons. The molecule has 1 aliphatic rings. The highest BCUT2D eigenvalue weighted by atomic mass is 16.6. The van der Waals surface area contributed by atoms with Gasteiger partial charge in [-0.25, -0.2) is 9.59 Å². The number of aliphatic hydroxyl groups is 3. The van der Waals surface area contributed by atoms with Crippen LogP contribution in [0.15, 0.2) is 24.3 Å². The predicted molar refractivity (Wildman–Crippen MR) is 87.4 cm³/mol. The molecule has 9 nitrogen and oxygen atoms in total. The Balaban J connectivity index is 2.02. The summed E-state index contributed by atoms with van der Waals surface area (Å²) in [6, 6.07) is 4.39. The number of aromatic hydroxyl groups is 1. The molecule has 1 fully saturated rings. The van der Waals surface area contributed by atoms with Gasteiger partial charge in [-0.05, 0) is 23.8 Å². The van der Waals surface area contributed by atoms with Crippen LogP contribution in [0, 0.1) is 0 Å². The third kappa shape index (κ3) is 4.31. The van der Waals surface area contributed by atoms with Gasteiger partial charge in [-0.1, -0.05) is 6.07 Å². The molecule has 2 rings (SSSR count). The van der Waals surface area contributed by atoms with Crippen molar-refractivity contribution < 1.29 is 44.6 Å². The Bertz CT molecular complexity index is 700. The Hall–Kier alpha value is -2.62. The highest BCUT2D eigenvalue weighted by molar-refractivity contribution is 5.87. The maximum atomic E-state index is 11.9. The van der Waals surface area contributed by atoms with E-state index in [1.54, 1.807) is 0 Å². The number of carboxylic acid groups (broad SMARTS) is 1. The van der Waals surface area contributed by atoms with Gasteiger partial charge in [0.05, 0.1) is 19.3 Å². The first kappa shape index (κ1) is 19.7. The lowest BCUT2D eigenvalue weighted by Gasteiger charge is -2.39. The van der Waals surface area contributed by atoms with Gasteiger partial charge in [0.2, 0.25) is 0 Å². The van der Waals surface area contributed by atoms with Crippen molar-refractivity contribution in [3.05, 3.63) is 29.8 Å². The Morgan fingerprint density at radius 2 is 1.85 bits per heavy atom. The molecule has 9 heteroatoms. The zero-order chi connectivity index (χ0) is 19.5. The van der Waals surface area contributed by atoms with Crippen LogP contribution in [0.2, 0.25) is 0 Å². The first-order valence-electron chi connectivity index (χ1n) is 7.74. The molecule has 1 aromatic carbocycles. The largest absolute Gasteiger partial charge is 0.504 e. The van der Waals surface area contributed by atoms with E-state index < -0.39 is 48.7 Å². The first-order chi connectivity index (χ1) is 12.2. The number of phenols is 1. The van der Waals surface area contributed by atoms with Crippen molar-refractivity contribution >= 4 is 18.0 Å². The number of carbonyl (C=O) groups excluding carboxylic acids is 1. The molecule has 0 aliphatic heterocycles. The fraction of sp³-hybridized carbons (Fsp3) is 0.412. The van der Waals surface area contributed by atoms with E-state index in [1.165, 1.54) is 31.4 Å². The minimum absolute atomic E-state index is 0.0633. The lowest BCUT2D eigenvalue weighted by atomic mass is 9.79. The fourth-order valence-corrected chi connectivity index (χ4v) is 2.73. The van der Waals surface area contributed by atoms with Crippen molar-refractivity contribution in [3.63, 3.8) is 0 Å². The monoisotopic (exact) mass is 368 g/mol. The second kappa shape index (κ2) is 7.73. The van der Waals surface area contributed by atoms with E-state index >= 15 is 0 Å². The molecule has 26 heavy (non-hydrogen) atoms. The van der Waals surface area contributed by atoms with Gasteiger partial charge >= 0.3 is 11.9 Å². The normalized spacial score (nSPS) is 28.7. The molecule has 0 amide bonds. The number of hydrogen-bond donors (Lipinski definition) is 5. The fourth-order valence-electron chi connectivity index (χ4n) is 2.73. The molecule has 1 saturated carbocycles. The summed E-state index contributed by atoms with van der Waals surface area (Å²) in [4.78, 5) is 22.9. The number of aliphatic carboxylic acids is 1. The summed E-state index contributed by atoms with van der Waals surface area (Å²) in [5.74, 6) is -2.29. The Labute approximate surface area is 148 Å². The number of phenolic OH excluding ortho intramolecular Hbond substituents is 1. The average molecular weight is 368 g/mol. The standard InChI is InChI=1S/C17H20O9/c1-25-13-6-9(2-4-10(13)18)3-5-14(21)26-15-11(19)7-17(24,16(22)23)8-12(15)20/h2-6,11-12,15,18-20,24H,7-8H2,1H3,(H,22,23)/b5-3+/t11-,12?,15?,17?/m0/s1. The summed E-state index contributed by atoms with van der Waals surface area (Å²) in [6.45, 7) is 0. The van der Waals surface area contributed by atoms with E-state index in [4.69, 9.17) is 14.6 Å². The third-order valence-electron chi connectivity index (χ3n) is 4.12. The lowest BCUT2D eigenvalue weighted by molar-refractivity contribution is -0.196. The van der Waals surface area contributed by atoms with Crippen molar-refractivity contribution in [2.24, 2.45) is 0 Å². The summed E-state index contributed by atoms with van der Waals surface area (Å²) >= 11 is 0. The molecular weight excluding hydrogens is 348 g/mol. The molecule has 0 radical (unpaired) electrons. The molecule has 0 bridgehead atoms. The Morgan fingerprint density at radius 3 is 2.38 bits per heavy atom. The van der Waals surface area contributed by atoms with Crippen LogP contribution in [0.4, 0.5) is 0 Å². The smallest absolute Gasteiger partial charge is 0.335 e. The quantitative estimate of drug-likeness (QED) is 0.347. The molecule has 5 N–H and O–H groups in total. The topological polar surface area (TPSA) is 154 Å². The van der Waals surface area contributed by atoms with Crippen LogP contribution >= 0.6 is 0 Å². The number of hydrogen-bond acceptors (Lipinski definition) is 8. The van der Waals surface area contributed by atoms with E-state index in [9.17, 15) is 30.0 Å². The predicted octanol–water partition coefficient (Wildman–Crippen LogP) is -0.343. The number of carbonyl (C=O) groups is 2. The SMILES string of the molecule is COc1cc(/C=C/C(=O)OC2C(O)CC(O)(C(=O)O)C[C@@H]2O)ccc1O. The van der Waals surface area contributed by atoms with Gasteiger partial charge in [-0.2, -0.15) is 0 Å². The molecule has 1 aliphatic carbocycles. The second-order valence-electron chi connectivity index (χ2n) is 6.05. The van der Waals surface area contributed by atoms with Crippen LogP contribution in [0.3, 0.4) is 0 Å².